The van der Waals surface area contributed by atoms with Crippen LogP contribution >= 0.6 is 0 Å². The first kappa shape index (κ1) is 20.8. The number of amides is 1. The highest BCUT2D eigenvalue weighted by Crippen LogP contribution is 2.24. The number of esters is 1. The van der Waals surface area contributed by atoms with Gasteiger partial charge in [-0.2, -0.15) is 5.10 Å². The molecule has 1 aromatic heterocycles. The van der Waals surface area contributed by atoms with Crippen molar-refractivity contribution in [1.29, 1.82) is 0 Å². The van der Waals surface area contributed by atoms with Gasteiger partial charge < -0.3 is 9.64 Å². The lowest BCUT2D eigenvalue weighted by atomic mass is 9.94. The van der Waals surface area contributed by atoms with E-state index >= 15 is 0 Å². The first-order valence-electron chi connectivity index (χ1n) is 10.3. The summed E-state index contributed by atoms with van der Waals surface area (Å²) in [7, 11) is 3.25. The second-order valence-electron chi connectivity index (χ2n) is 7.83. The van der Waals surface area contributed by atoms with Gasteiger partial charge >= 0.3 is 5.97 Å². The summed E-state index contributed by atoms with van der Waals surface area (Å²) in [6.07, 6.45) is 4.25. The van der Waals surface area contributed by atoms with E-state index in [1.54, 1.807) is 4.90 Å². The Morgan fingerprint density at radius 1 is 1.10 bits per heavy atom. The number of benzene rings is 2. The van der Waals surface area contributed by atoms with E-state index in [-0.39, 0.29) is 18.4 Å². The Morgan fingerprint density at radius 2 is 1.81 bits per heavy atom. The first-order valence-corrected chi connectivity index (χ1v) is 10.3. The zero-order valence-electron chi connectivity index (χ0n) is 17.8. The van der Waals surface area contributed by atoms with E-state index in [4.69, 9.17) is 4.74 Å². The van der Waals surface area contributed by atoms with Gasteiger partial charge in [0.25, 0.3) is 0 Å². The number of rotatable bonds is 6. The highest BCUT2D eigenvalue weighted by atomic mass is 16.5. The van der Waals surface area contributed by atoms with Gasteiger partial charge in [-0.15, -0.1) is 0 Å². The second kappa shape index (κ2) is 9.14. The van der Waals surface area contributed by atoms with Crippen molar-refractivity contribution >= 4 is 11.9 Å². The molecular weight excluding hydrogens is 392 g/mol. The van der Waals surface area contributed by atoms with Gasteiger partial charge in [0, 0.05) is 31.3 Å². The Balaban J connectivity index is 1.43. The number of likely N-dealkylation sites (N-methyl/N-ethyl adjacent to an activating group) is 1. The van der Waals surface area contributed by atoms with Gasteiger partial charge in [0.15, 0.2) is 0 Å². The summed E-state index contributed by atoms with van der Waals surface area (Å²) < 4.78 is 6.79. The average Bonchev–Trinajstić information content (AvgIpc) is 3.26. The maximum absolute atomic E-state index is 13.1. The standard InChI is InChI=1S/C24H26N4O3/c1-26(14-18-13-25-28(15-18)21-10-4-3-5-11-21)17-23(29)27-16-20-9-7-6-8-19(20)12-22(27)24(30)31-2/h3-11,13,15,22H,12,14,16-17H2,1-2H3. The molecule has 0 N–H and O–H groups in total. The maximum atomic E-state index is 13.1. The third kappa shape index (κ3) is 4.67. The number of hydrogen-bond acceptors (Lipinski definition) is 5. The molecule has 1 amide bonds. The van der Waals surface area contributed by atoms with E-state index in [9.17, 15) is 9.59 Å². The zero-order valence-corrected chi connectivity index (χ0v) is 17.8. The number of hydrogen-bond donors (Lipinski definition) is 0. The molecule has 0 spiro atoms. The van der Waals surface area contributed by atoms with E-state index in [0.29, 0.717) is 19.5 Å². The number of fused-ring (bicyclic) bond motifs is 1. The van der Waals surface area contributed by atoms with Crippen molar-refractivity contribution in [2.75, 3.05) is 20.7 Å². The lowest BCUT2D eigenvalue weighted by Crippen LogP contribution is -2.51. The Bertz CT molecular complexity index is 1060. The van der Waals surface area contributed by atoms with Crippen LogP contribution in [0.5, 0.6) is 0 Å². The molecule has 1 aliphatic rings. The summed E-state index contributed by atoms with van der Waals surface area (Å²) in [6.45, 7) is 1.19. The van der Waals surface area contributed by atoms with E-state index in [1.165, 1.54) is 7.11 Å². The molecule has 160 valence electrons. The van der Waals surface area contributed by atoms with Crippen molar-refractivity contribution < 1.29 is 14.3 Å². The van der Waals surface area contributed by atoms with Gasteiger partial charge in [-0.3, -0.25) is 9.69 Å². The monoisotopic (exact) mass is 418 g/mol. The van der Waals surface area contributed by atoms with Crippen LogP contribution < -0.4 is 0 Å². The molecular formula is C24H26N4O3. The van der Waals surface area contributed by atoms with Crippen molar-refractivity contribution in [3.05, 3.63) is 83.7 Å². The molecule has 2 heterocycles. The smallest absolute Gasteiger partial charge is 0.328 e. The number of nitrogens with zero attached hydrogens (tertiary/aromatic N) is 4. The third-order valence-corrected chi connectivity index (χ3v) is 5.56. The van der Waals surface area contributed by atoms with E-state index in [0.717, 1.165) is 22.4 Å². The summed E-state index contributed by atoms with van der Waals surface area (Å²) >= 11 is 0. The molecule has 31 heavy (non-hydrogen) atoms. The fourth-order valence-electron chi connectivity index (χ4n) is 3.98. The fraction of sp³-hybridized carbons (Fsp3) is 0.292. The van der Waals surface area contributed by atoms with Crippen LogP contribution in [-0.2, 0) is 33.8 Å². The van der Waals surface area contributed by atoms with E-state index < -0.39 is 6.04 Å². The van der Waals surface area contributed by atoms with Crippen molar-refractivity contribution in [2.24, 2.45) is 0 Å². The molecule has 4 rings (SSSR count). The molecule has 0 saturated heterocycles. The van der Waals surface area contributed by atoms with Crippen LogP contribution in [0.2, 0.25) is 0 Å². The third-order valence-electron chi connectivity index (χ3n) is 5.56. The molecule has 1 atom stereocenters. The summed E-state index contributed by atoms with van der Waals surface area (Å²) in [6, 6.07) is 17.2. The molecule has 3 aromatic rings. The predicted octanol–water partition coefficient (Wildman–Crippen LogP) is 2.43. The topological polar surface area (TPSA) is 67.7 Å². The molecule has 0 radical (unpaired) electrons. The highest BCUT2D eigenvalue weighted by molar-refractivity contribution is 5.86. The second-order valence-corrected chi connectivity index (χ2v) is 7.83. The molecule has 7 nitrogen and oxygen atoms in total. The van der Waals surface area contributed by atoms with Crippen molar-refractivity contribution in [3.63, 3.8) is 0 Å². The van der Waals surface area contributed by atoms with E-state index in [2.05, 4.69) is 5.10 Å². The summed E-state index contributed by atoms with van der Waals surface area (Å²) in [5.74, 6) is -0.475. The lowest BCUT2D eigenvalue weighted by Gasteiger charge is -2.36. The number of carbonyl (C=O) groups excluding carboxylic acids is 2. The van der Waals surface area contributed by atoms with Crippen molar-refractivity contribution in [3.8, 4) is 5.69 Å². The lowest BCUT2D eigenvalue weighted by molar-refractivity contribution is -0.154. The number of para-hydroxylation sites is 1. The number of ether oxygens (including phenoxy) is 1. The zero-order chi connectivity index (χ0) is 21.8. The molecule has 1 unspecified atom stereocenters. The Labute approximate surface area is 181 Å². The van der Waals surface area contributed by atoms with Gasteiger partial charge in [-0.25, -0.2) is 9.48 Å². The van der Waals surface area contributed by atoms with Crippen molar-refractivity contribution in [2.45, 2.75) is 25.6 Å². The first-order chi connectivity index (χ1) is 15.0. The van der Waals surface area contributed by atoms with Crippen LogP contribution in [-0.4, -0.2) is 58.2 Å². The molecule has 0 bridgehead atoms. The molecule has 2 aromatic carbocycles. The normalized spacial score (nSPS) is 15.6. The average molecular weight is 418 g/mol. The summed E-state index contributed by atoms with van der Waals surface area (Å²) in [5.41, 5.74) is 4.15. The fourth-order valence-corrected chi connectivity index (χ4v) is 3.98. The molecule has 0 fully saturated rings. The number of aromatic nitrogens is 2. The molecule has 1 aliphatic heterocycles. The van der Waals surface area contributed by atoms with Gasteiger partial charge in [-0.05, 0) is 30.3 Å². The largest absolute Gasteiger partial charge is 0.467 e. The van der Waals surface area contributed by atoms with Gasteiger partial charge in [-0.1, -0.05) is 42.5 Å². The summed E-state index contributed by atoms with van der Waals surface area (Å²) in [4.78, 5) is 29.1. The van der Waals surface area contributed by atoms with Crippen molar-refractivity contribution in [1.82, 2.24) is 19.6 Å². The Morgan fingerprint density at radius 3 is 2.55 bits per heavy atom. The predicted molar refractivity (Wildman–Crippen MR) is 116 cm³/mol. The SMILES string of the molecule is COC(=O)C1Cc2ccccc2CN1C(=O)CN(C)Cc1cnn(-c2ccccc2)c1. The minimum absolute atomic E-state index is 0.0946. The van der Waals surface area contributed by atoms with Crippen LogP contribution in [0.4, 0.5) is 0 Å². The highest BCUT2D eigenvalue weighted by Gasteiger charge is 2.35. The van der Waals surface area contributed by atoms with Crippen LogP contribution in [0, 0.1) is 0 Å². The van der Waals surface area contributed by atoms with Gasteiger partial charge in [0.1, 0.15) is 6.04 Å². The minimum atomic E-state index is -0.596. The van der Waals surface area contributed by atoms with Gasteiger partial charge in [0.2, 0.25) is 5.91 Å². The molecule has 7 heteroatoms. The van der Waals surface area contributed by atoms with Crippen LogP contribution in [0.1, 0.15) is 16.7 Å². The number of carbonyl (C=O) groups is 2. The van der Waals surface area contributed by atoms with Crippen LogP contribution in [0.3, 0.4) is 0 Å². The molecule has 0 aliphatic carbocycles. The quantitative estimate of drug-likeness (QED) is 0.575. The summed E-state index contributed by atoms with van der Waals surface area (Å²) in [5, 5.41) is 4.41. The maximum Gasteiger partial charge on any atom is 0.328 e. The van der Waals surface area contributed by atoms with Crippen LogP contribution in [0.15, 0.2) is 67.0 Å². The van der Waals surface area contributed by atoms with E-state index in [1.807, 2.05) is 83.6 Å². The Kier molecular flexibility index (Phi) is 6.13. The minimum Gasteiger partial charge on any atom is -0.467 e. The van der Waals surface area contributed by atoms with Gasteiger partial charge in [0.05, 0.1) is 25.5 Å². The van der Waals surface area contributed by atoms with Crippen LogP contribution in [0.25, 0.3) is 5.69 Å². The molecule has 0 saturated carbocycles. The Hall–Kier alpha value is -3.45. The number of methoxy groups -OCH3 is 1.